The third-order valence-corrected chi connectivity index (χ3v) is 2.80. The highest BCUT2D eigenvalue weighted by Crippen LogP contribution is 2.24. The molecule has 0 saturated heterocycles. The summed E-state index contributed by atoms with van der Waals surface area (Å²) in [6, 6.07) is 5.56. The number of ether oxygens (including phenoxy) is 1. The maximum atomic E-state index is 13.3. The van der Waals surface area contributed by atoms with E-state index < -0.39 is 11.8 Å². The molecule has 0 aliphatic carbocycles. The van der Waals surface area contributed by atoms with Gasteiger partial charge in [0.15, 0.2) is 0 Å². The molecule has 5 heteroatoms. The number of hydrogen-bond donors (Lipinski definition) is 1. The Morgan fingerprint density at radius 2 is 2.21 bits per heavy atom. The van der Waals surface area contributed by atoms with Gasteiger partial charge in [0, 0.05) is 5.56 Å². The number of halogens is 1. The second-order valence-electron chi connectivity index (χ2n) is 4.10. The average Bonchev–Trinajstić information content (AvgIpc) is 2.92. The highest BCUT2D eigenvalue weighted by Gasteiger charge is 2.15. The third-order valence-electron chi connectivity index (χ3n) is 2.80. The molecule has 2 aromatic rings. The molecule has 19 heavy (non-hydrogen) atoms. The summed E-state index contributed by atoms with van der Waals surface area (Å²) in [5.41, 5.74) is 1.58. The molecule has 1 aromatic carbocycles. The fourth-order valence-electron chi connectivity index (χ4n) is 1.76. The van der Waals surface area contributed by atoms with Crippen LogP contribution in [0.5, 0.6) is 0 Å². The molecule has 4 nitrogen and oxygen atoms in total. The smallest absolute Gasteiger partial charge is 0.339 e. The van der Waals surface area contributed by atoms with Crippen LogP contribution in [0.25, 0.3) is 0 Å². The van der Waals surface area contributed by atoms with Crippen LogP contribution in [0, 0.1) is 5.82 Å². The Labute approximate surface area is 110 Å². The lowest BCUT2D eigenvalue weighted by Crippen LogP contribution is -2.11. The zero-order valence-electron chi connectivity index (χ0n) is 10.6. The van der Waals surface area contributed by atoms with Gasteiger partial charge in [-0.2, -0.15) is 0 Å². The van der Waals surface area contributed by atoms with E-state index >= 15 is 0 Å². The van der Waals surface area contributed by atoms with Crippen LogP contribution in [0.15, 0.2) is 41.2 Å². The van der Waals surface area contributed by atoms with Crippen LogP contribution < -0.4 is 5.32 Å². The van der Waals surface area contributed by atoms with Crippen LogP contribution >= 0.6 is 0 Å². The number of rotatable bonds is 4. The Morgan fingerprint density at radius 3 is 2.84 bits per heavy atom. The molecule has 0 saturated carbocycles. The standard InChI is InChI=1S/C14H14FNO3/c1-9(10-5-6-19-8-10)16-13-7-11(15)3-4-12(13)14(17)18-2/h3-9,16H,1-2H3. The normalized spacial score (nSPS) is 11.9. The molecular formula is C14H14FNO3. The molecule has 0 spiro atoms. The number of methoxy groups -OCH3 is 1. The second-order valence-corrected chi connectivity index (χ2v) is 4.10. The summed E-state index contributed by atoms with van der Waals surface area (Å²) in [5, 5.41) is 3.07. The fourth-order valence-corrected chi connectivity index (χ4v) is 1.76. The van der Waals surface area contributed by atoms with Crippen molar-refractivity contribution < 1.29 is 18.3 Å². The Kier molecular flexibility index (Phi) is 3.85. The van der Waals surface area contributed by atoms with Crippen LogP contribution in [0.4, 0.5) is 10.1 Å². The van der Waals surface area contributed by atoms with E-state index in [4.69, 9.17) is 4.42 Å². The van der Waals surface area contributed by atoms with Crippen molar-refractivity contribution in [1.82, 2.24) is 0 Å². The van der Waals surface area contributed by atoms with Gasteiger partial charge in [-0.1, -0.05) is 0 Å². The Balaban J connectivity index is 2.28. The molecule has 1 unspecified atom stereocenters. The summed E-state index contributed by atoms with van der Waals surface area (Å²) >= 11 is 0. The zero-order valence-corrected chi connectivity index (χ0v) is 10.6. The van der Waals surface area contributed by atoms with Crippen molar-refractivity contribution in [3.63, 3.8) is 0 Å². The van der Waals surface area contributed by atoms with Gasteiger partial charge in [0.05, 0.1) is 36.9 Å². The Morgan fingerprint density at radius 1 is 1.42 bits per heavy atom. The topological polar surface area (TPSA) is 51.5 Å². The highest BCUT2D eigenvalue weighted by atomic mass is 19.1. The third kappa shape index (κ3) is 2.93. The highest BCUT2D eigenvalue weighted by molar-refractivity contribution is 5.95. The van der Waals surface area contributed by atoms with Crippen LogP contribution in [0.1, 0.15) is 28.9 Å². The molecule has 1 aromatic heterocycles. The fraction of sp³-hybridized carbons (Fsp3) is 0.214. The number of benzene rings is 1. The largest absolute Gasteiger partial charge is 0.472 e. The van der Waals surface area contributed by atoms with Crippen LogP contribution in [0.2, 0.25) is 0 Å². The predicted octanol–water partition coefficient (Wildman–Crippen LogP) is 3.38. The molecule has 1 N–H and O–H groups in total. The number of carbonyl (C=O) groups excluding carboxylic acids is 1. The summed E-state index contributed by atoms with van der Waals surface area (Å²) in [7, 11) is 1.29. The number of nitrogens with one attached hydrogen (secondary N) is 1. The molecular weight excluding hydrogens is 249 g/mol. The van der Waals surface area contributed by atoms with Gasteiger partial charge in [-0.3, -0.25) is 0 Å². The van der Waals surface area contributed by atoms with Crippen molar-refractivity contribution in [2.45, 2.75) is 13.0 Å². The molecule has 0 amide bonds. The Hall–Kier alpha value is -2.30. The first kappa shape index (κ1) is 13.1. The van der Waals surface area contributed by atoms with Crippen LogP contribution in [0.3, 0.4) is 0 Å². The lowest BCUT2D eigenvalue weighted by Gasteiger charge is -2.16. The molecule has 0 aliphatic heterocycles. The summed E-state index contributed by atoms with van der Waals surface area (Å²) in [5.74, 6) is -0.934. The quantitative estimate of drug-likeness (QED) is 0.859. The number of carbonyl (C=O) groups is 1. The van der Waals surface area contributed by atoms with E-state index in [0.717, 1.165) is 5.56 Å². The number of hydrogen-bond acceptors (Lipinski definition) is 4. The van der Waals surface area contributed by atoms with E-state index in [1.165, 1.54) is 25.3 Å². The van der Waals surface area contributed by atoms with Gasteiger partial charge in [0.25, 0.3) is 0 Å². The van der Waals surface area contributed by atoms with Crippen LogP contribution in [-0.4, -0.2) is 13.1 Å². The van der Waals surface area contributed by atoms with Gasteiger partial charge < -0.3 is 14.5 Å². The molecule has 0 bridgehead atoms. The molecule has 100 valence electrons. The van der Waals surface area contributed by atoms with Gasteiger partial charge in [0.2, 0.25) is 0 Å². The van der Waals surface area contributed by atoms with Crippen molar-refractivity contribution >= 4 is 11.7 Å². The predicted molar refractivity (Wildman–Crippen MR) is 68.5 cm³/mol. The summed E-state index contributed by atoms with van der Waals surface area (Å²) in [6.07, 6.45) is 3.15. The first-order chi connectivity index (χ1) is 9.11. The maximum Gasteiger partial charge on any atom is 0.339 e. The van der Waals surface area contributed by atoms with E-state index in [1.807, 2.05) is 6.92 Å². The second kappa shape index (κ2) is 5.56. The van der Waals surface area contributed by atoms with E-state index in [2.05, 4.69) is 10.1 Å². The van der Waals surface area contributed by atoms with Gasteiger partial charge in [0.1, 0.15) is 5.82 Å². The maximum absolute atomic E-state index is 13.3. The average molecular weight is 263 g/mol. The van der Waals surface area contributed by atoms with Crippen LogP contribution in [-0.2, 0) is 4.74 Å². The first-order valence-electron chi connectivity index (χ1n) is 5.78. The summed E-state index contributed by atoms with van der Waals surface area (Å²) in [6.45, 7) is 1.89. The minimum absolute atomic E-state index is 0.121. The minimum Gasteiger partial charge on any atom is -0.472 e. The lowest BCUT2D eigenvalue weighted by molar-refractivity contribution is 0.0601. The monoisotopic (exact) mass is 263 g/mol. The zero-order chi connectivity index (χ0) is 13.8. The summed E-state index contributed by atoms with van der Waals surface area (Å²) < 4.78 is 23.0. The lowest BCUT2D eigenvalue weighted by atomic mass is 10.1. The van der Waals surface area contributed by atoms with Gasteiger partial charge in [-0.25, -0.2) is 9.18 Å². The van der Waals surface area contributed by atoms with E-state index in [1.54, 1.807) is 18.6 Å². The van der Waals surface area contributed by atoms with E-state index in [-0.39, 0.29) is 6.04 Å². The summed E-state index contributed by atoms with van der Waals surface area (Å²) in [4.78, 5) is 11.6. The van der Waals surface area contributed by atoms with Gasteiger partial charge in [-0.05, 0) is 31.2 Å². The first-order valence-corrected chi connectivity index (χ1v) is 5.78. The van der Waals surface area contributed by atoms with E-state index in [0.29, 0.717) is 11.3 Å². The number of esters is 1. The van der Waals surface area contributed by atoms with Gasteiger partial charge in [-0.15, -0.1) is 0 Å². The molecule has 0 aliphatic rings. The number of furan rings is 1. The molecule has 2 rings (SSSR count). The molecule has 1 atom stereocenters. The van der Waals surface area contributed by atoms with Crippen molar-refractivity contribution in [3.8, 4) is 0 Å². The minimum atomic E-state index is -0.512. The molecule has 0 radical (unpaired) electrons. The van der Waals surface area contributed by atoms with E-state index in [9.17, 15) is 9.18 Å². The van der Waals surface area contributed by atoms with Crippen molar-refractivity contribution in [2.24, 2.45) is 0 Å². The van der Waals surface area contributed by atoms with Crippen molar-refractivity contribution in [1.29, 1.82) is 0 Å². The molecule has 0 fully saturated rings. The Bertz CT molecular complexity index is 566. The van der Waals surface area contributed by atoms with Crippen molar-refractivity contribution in [2.75, 3.05) is 12.4 Å². The molecule has 1 heterocycles. The van der Waals surface area contributed by atoms with Gasteiger partial charge >= 0.3 is 5.97 Å². The SMILES string of the molecule is COC(=O)c1ccc(F)cc1NC(C)c1ccoc1. The van der Waals surface area contributed by atoms with Crippen molar-refractivity contribution in [3.05, 3.63) is 53.7 Å². The number of anilines is 1.